The summed E-state index contributed by atoms with van der Waals surface area (Å²) in [5, 5.41) is 0. The Bertz CT molecular complexity index is 49.5. The van der Waals surface area contributed by atoms with Crippen LogP contribution >= 0.6 is 58.0 Å². The molecule has 0 fully saturated rings. The van der Waals surface area contributed by atoms with E-state index in [9.17, 15) is 0 Å². The van der Waals surface area contributed by atoms with Crippen LogP contribution in [0, 0.1) is 0 Å². The summed E-state index contributed by atoms with van der Waals surface area (Å²) >= 11 is 24.6. The third-order valence-electron chi connectivity index (χ3n) is 0.487. The highest BCUT2D eigenvalue weighted by Gasteiger charge is 2.11. The van der Waals surface area contributed by atoms with Gasteiger partial charge < -0.3 is 0 Å². The monoisotopic (exact) mass is 244 g/mol. The molecule has 10 heavy (non-hydrogen) atoms. The Morgan fingerprint density at radius 3 is 1.40 bits per heavy atom. The summed E-state index contributed by atoms with van der Waals surface area (Å²) in [6, 6.07) is 0. The number of hydrogen-bond acceptors (Lipinski definition) is 0. The van der Waals surface area contributed by atoms with Gasteiger partial charge in [0.05, 0.1) is 0 Å². The van der Waals surface area contributed by atoms with E-state index < -0.39 is 3.25 Å². The molecule has 0 saturated carbocycles. The summed E-state index contributed by atoms with van der Waals surface area (Å²) < 4.78 is -1.61. The summed E-state index contributed by atoms with van der Waals surface area (Å²) in [4.78, 5) is 0. The Labute approximate surface area is 86.7 Å². The Balaban J connectivity index is 0. The fraction of sp³-hybridized carbons (Fsp3) is 1.00. The van der Waals surface area contributed by atoms with E-state index in [2.05, 4.69) is 6.92 Å². The molecule has 0 heterocycles. The van der Waals surface area contributed by atoms with Gasteiger partial charge in [0.1, 0.15) is 0 Å². The van der Waals surface area contributed by atoms with Gasteiger partial charge in [-0.25, -0.2) is 0 Å². The minimum Gasteiger partial charge on any atom is -0.127 e. The van der Waals surface area contributed by atoms with Crippen molar-refractivity contribution in [1.82, 2.24) is 0 Å². The van der Waals surface area contributed by atoms with E-state index in [4.69, 9.17) is 58.0 Å². The van der Waals surface area contributed by atoms with Crippen LogP contribution in [0.15, 0.2) is 0 Å². The summed E-state index contributed by atoms with van der Waals surface area (Å²) in [5.41, 5.74) is 0. The second-order valence-electron chi connectivity index (χ2n) is 1.47. The third-order valence-corrected chi connectivity index (χ3v) is 0.754. The average Bonchev–Trinajstić information content (AvgIpc) is 1.63. The molecule has 0 N–H and O–H groups in total. The second kappa shape index (κ2) is 8.55. The molecule has 0 atom stereocenters. The van der Waals surface area contributed by atoms with E-state index in [0.29, 0.717) is 0 Å². The minimum atomic E-state index is -1.61. The number of hydrogen-bond donors (Lipinski definition) is 0. The first-order chi connectivity index (χ1) is 4.41. The van der Waals surface area contributed by atoms with Crippen LogP contribution < -0.4 is 0 Å². The van der Waals surface area contributed by atoms with Crippen molar-refractivity contribution in [3.8, 4) is 0 Å². The van der Waals surface area contributed by atoms with Crippen LogP contribution in [0.25, 0.3) is 0 Å². The molecule has 64 valence electrons. The van der Waals surface area contributed by atoms with Crippen LogP contribution in [0.5, 0.6) is 0 Å². The second-order valence-corrected chi connectivity index (χ2v) is 5.28. The smallest absolute Gasteiger partial charge is 0.127 e. The van der Waals surface area contributed by atoms with Crippen LogP contribution in [0.1, 0.15) is 19.8 Å². The van der Waals surface area contributed by atoms with E-state index in [1.165, 1.54) is 6.42 Å². The van der Waals surface area contributed by atoms with Gasteiger partial charge in [0.25, 0.3) is 3.25 Å². The van der Waals surface area contributed by atoms with Crippen LogP contribution in [0.4, 0.5) is 0 Å². The van der Waals surface area contributed by atoms with Gasteiger partial charge in [0, 0.05) is 5.88 Å². The number of rotatable bonds is 2. The minimum absolute atomic E-state index is 0.816. The molecule has 0 aliphatic rings. The van der Waals surface area contributed by atoms with Gasteiger partial charge in [-0.05, 0) is 6.42 Å². The Morgan fingerprint density at radius 1 is 1.10 bits per heavy atom. The third kappa shape index (κ3) is 56.7. The lowest BCUT2D eigenvalue weighted by atomic mass is 10.4. The topological polar surface area (TPSA) is 0 Å². The van der Waals surface area contributed by atoms with E-state index in [1.807, 2.05) is 0 Å². The number of alkyl halides is 5. The normalized spacial score (nSPS) is 10.2. The first kappa shape index (κ1) is 14.0. The molecule has 0 rings (SSSR count). The molecular weight excluding hydrogens is 237 g/mol. The SMILES string of the molecule is CCCCCl.ClC(Cl)(Cl)Cl. The van der Waals surface area contributed by atoms with Crippen molar-refractivity contribution >= 4 is 58.0 Å². The molecule has 0 amide bonds. The molecule has 0 nitrogen and oxygen atoms in total. The van der Waals surface area contributed by atoms with Gasteiger partial charge in [-0.2, -0.15) is 0 Å². The zero-order chi connectivity index (χ0) is 8.62. The summed E-state index contributed by atoms with van der Waals surface area (Å²) in [7, 11) is 0. The molecule has 0 saturated heterocycles. The Morgan fingerprint density at radius 2 is 1.40 bits per heavy atom. The molecule has 0 spiro atoms. The molecule has 0 aliphatic heterocycles. The molecule has 0 radical (unpaired) electrons. The van der Waals surface area contributed by atoms with Crippen molar-refractivity contribution in [2.75, 3.05) is 5.88 Å². The lowest BCUT2D eigenvalue weighted by Gasteiger charge is -1.91. The number of unbranched alkanes of at least 4 members (excludes halogenated alkanes) is 1. The van der Waals surface area contributed by atoms with Crippen molar-refractivity contribution in [2.24, 2.45) is 0 Å². The highest BCUT2D eigenvalue weighted by molar-refractivity contribution is 6.83. The first-order valence-electron chi connectivity index (χ1n) is 2.73. The molecule has 0 unspecified atom stereocenters. The van der Waals surface area contributed by atoms with Gasteiger partial charge in [-0.15, -0.1) is 11.6 Å². The van der Waals surface area contributed by atoms with Crippen molar-refractivity contribution < 1.29 is 0 Å². The first-order valence-corrected chi connectivity index (χ1v) is 4.78. The lowest BCUT2D eigenvalue weighted by molar-refractivity contribution is 0.892. The van der Waals surface area contributed by atoms with Crippen LogP contribution in [-0.4, -0.2) is 9.13 Å². The van der Waals surface area contributed by atoms with Crippen molar-refractivity contribution in [3.63, 3.8) is 0 Å². The van der Waals surface area contributed by atoms with Crippen LogP contribution in [0.2, 0.25) is 0 Å². The Hall–Kier alpha value is 1.45. The molecular formula is C5H9Cl5. The molecule has 0 aromatic rings. The predicted octanol–water partition coefficient (Wildman–Crippen LogP) is 4.58. The number of halogens is 5. The quantitative estimate of drug-likeness (QED) is 0.626. The van der Waals surface area contributed by atoms with E-state index in [1.54, 1.807) is 0 Å². The van der Waals surface area contributed by atoms with Crippen molar-refractivity contribution in [1.29, 1.82) is 0 Å². The maximum absolute atomic E-state index is 5.30. The fourth-order valence-electron chi connectivity index (χ4n) is 0.134. The van der Waals surface area contributed by atoms with Crippen molar-refractivity contribution in [3.05, 3.63) is 0 Å². The van der Waals surface area contributed by atoms with Gasteiger partial charge in [0.15, 0.2) is 0 Å². The highest BCUT2D eigenvalue weighted by atomic mass is 35.6. The average molecular weight is 246 g/mol. The van der Waals surface area contributed by atoms with Gasteiger partial charge >= 0.3 is 0 Å². The maximum Gasteiger partial charge on any atom is 0.266 e. The molecule has 0 aromatic carbocycles. The summed E-state index contributed by atoms with van der Waals surface area (Å²) in [6.45, 7) is 2.13. The predicted molar refractivity (Wildman–Crippen MR) is 51.8 cm³/mol. The van der Waals surface area contributed by atoms with E-state index in [0.717, 1.165) is 12.3 Å². The molecule has 0 aliphatic carbocycles. The zero-order valence-electron chi connectivity index (χ0n) is 5.51. The fourth-order valence-corrected chi connectivity index (χ4v) is 0.401. The van der Waals surface area contributed by atoms with Crippen molar-refractivity contribution in [2.45, 2.75) is 23.0 Å². The maximum atomic E-state index is 5.30. The van der Waals surface area contributed by atoms with E-state index in [-0.39, 0.29) is 0 Å². The van der Waals surface area contributed by atoms with Gasteiger partial charge in [0.2, 0.25) is 0 Å². The summed E-state index contributed by atoms with van der Waals surface area (Å²) in [6.07, 6.45) is 2.37. The largest absolute Gasteiger partial charge is 0.266 e. The molecule has 0 bridgehead atoms. The zero-order valence-corrected chi connectivity index (χ0v) is 9.29. The van der Waals surface area contributed by atoms with Gasteiger partial charge in [-0.3, -0.25) is 0 Å². The van der Waals surface area contributed by atoms with Crippen LogP contribution in [0.3, 0.4) is 0 Å². The van der Waals surface area contributed by atoms with E-state index >= 15 is 0 Å². The molecule has 0 aromatic heterocycles. The van der Waals surface area contributed by atoms with Gasteiger partial charge in [-0.1, -0.05) is 59.7 Å². The lowest BCUT2D eigenvalue weighted by Crippen LogP contribution is -1.81. The van der Waals surface area contributed by atoms with Crippen LogP contribution in [-0.2, 0) is 0 Å². The summed E-state index contributed by atoms with van der Waals surface area (Å²) in [5.74, 6) is 0.816. The standard InChI is InChI=1S/C4H9Cl.CCl4/c1-2-3-4-5;2-1(3,4)5/h2-4H2,1H3;. The highest BCUT2D eigenvalue weighted by Crippen LogP contribution is 2.29. The Kier molecular flexibility index (Phi) is 12.0. The molecule has 5 heteroatoms.